The number of aromatic nitrogens is 5. The third kappa shape index (κ3) is 4.00. The van der Waals surface area contributed by atoms with Gasteiger partial charge in [-0.25, -0.2) is 4.98 Å². The van der Waals surface area contributed by atoms with Crippen molar-refractivity contribution in [3.05, 3.63) is 87.8 Å². The lowest BCUT2D eigenvalue weighted by molar-refractivity contribution is 0.412. The van der Waals surface area contributed by atoms with E-state index in [0.29, 0.717) is 39.4 Å². The van der Waals surface area contributed by atoms with Crippen molar-refractivity contribution in [1.82, 2.24) is 24.1 Å². The van der Waals surface area contributed by atoms with Crippen LogP contribution in [0.15, 0.2) is 76.1 Å². The van der Waals surface area contributed by atoms with E-state index in [1.54, 1.807) is 30.6 Å². The minimum atomic E-state index is -0.238. The maximum Gasteiger partial charge on any atom is 0.258 e. The maximum atomic E-state index is 12.6. The number of hydrogen-bond donors (Lipinski definition) is 0. The minimum absolute atomic E-state index is 0.238. The number of benzene rings is 1. The van der Waals surface area contributed by atoms with Crippen LogP contribution in [0.25, 0.3) is 22.0 Å². The van der Waals surface area contributed by atoms with Crippen molar-refractivity contribution in [3.63, 3.8) is 0 Å². The molecule has 5 rings (SSSR count). The first-order valence-electron chi connectivity index (χ1n) is 9.86. The highest BCUT2D eigenvalue weighted by atomic mass is 32.2. The second-order valence-electron chi connectivity index (χ2n) is 6.92. The molecule has 0 radical (unpaired) electrons. The van der Waals surface area contributed by atoms with Crippen LogP contribution in [0.1, 0.15) is 11.3 Å². The molecule has 0 atom stereocenters. The fourth-order valence-corrected chi connectivity index (χ4v) is 4.93. The zero-order chi connectivity index (χ0) is 22.8. The number of thiophene rings is 1. The molecule has 4 aromatic heterocycles. The highest BCUT2D eigenvalue weighted by Crippen LogP contribution is 2.34. The molecule has 10 heteroatoms. The Kier molecular flexibility index (Phi) is 5.64. The molecule has 0 saturated carbocycles. The van der Waals surface area contributed by atoms with Crippen LogP contribution in [0.3, 0.4) is 0 Å². The number of methoxy groups -OCH3 is 1. The molecule has 33 heavy (non-hydrogen) atoms. The van der Waals surface area contributed by atoms with Gasteiger partial charge in [0, 0.05) is 18.0 Å². The second-order valence-corrected chi connectivity index (χ2v) is 8.81. The molecule has 0 aliphatic heterocycles. The highest BCUT2D eigenvalue weighted by molar-refractivity contribution is 7.98. The van der Waals surface area contributed by atoms with E-state index in [1.165, 1.54) is 28.4 Å². The number of nitrogens with zero attached hydrogens (tertiary/aromatic N) is 6. The highest BCUT2D eigenvalue weighted by Gasteiger charge is 2.20. The summed E-state index contributed by atoms with van der Waals surface area (Å²) < 4.78 is 8.92. The smallest absolute Gasteiger partial charge is 0.258 e. The molecule has 0 N–H and O–H groups in total. The third-order valence-electron chi connectivity index (χ3n) is 4.89. The maximum absolute atomic E-state index is 12.6. The Morgan fingerprint density at radius 1 is 1.15 bits per heavy atom. The van der Waals surface area contributed by atoms with Gasteiger partial charge in [0.25, 0.3) is 5.56 Å². The van der Waals surface area contributed by atoms with E-state index in [-0.39, 0.29) is 5.56 Å². The Labute approximate surface area is 196 Å². The van der Waals surface area contributed by atoms with Gasteiger partial charge in [-0.15, -0.1) is 21.5 Å². The molecule has 4 heterocycles. The Morgan fingerprint density at radius 2 is 2.03 bits per heavy atom. The van der Waals surface area contributed by atoms with E-state index < -0.39 is 0 Å². The number of rotatable bonds is 6. The first kappa shape index (κ1) is 20.9. The summed E-state index contributed by atoms with van der Waals surface area (Å²) in [6.07, 6.45) is 1.49. The summed E-state index contributed by atoms with van der Waals surface area (Å²) in [5, 5.41) is 20.6. The zero-order valence-electron chi connectivity index (χ0n) is 17.4. The molecule has 8 nitrogen and oxygen atoms in total. The Hall–Kier alpha value is -3.94. The van der Waals surface area contributed by atoms with E-state index in [9.17, 15) is 4.79 Å². The molecule has 0 saturated heterocycles. The van der Waals surface area contributed by atoms with Crippen molar-refractivity contribution < 1.29 is 4.74 Å². The molecule has 0 spiro atoms. The summed E-state index contributed by atoms with van der Waals surface area (Å²) in [7, 11) is 1.63. The minimum Gasteiger partial charge on any atom is -0.495 e. The zero-order valence-corrected chi connectivity index (χ0v) is 19.0. The molecule has 0 aliphatic carbocycles. The fraction of sp³-hybridized carbons (Fsp3) is 0.0870. The third-order valence-corrected chi connectivity index (χ3v) is 6.72. The van der Waals surface area contributed by atoms with Crippen LogP contribution < -0.4 is 10.3 Å². The van der Waals surface area contributed by atoms with Gasteiger partial charge < -0.3 is 4.74 Å². The Balaban J connectivity index is 1.53. The van der Waals surface area contributed by atoms with Gasteiger partial charge in [0.1, 0.15) is 17.5 Å². The molecule has 162 valence electrons. The summed E-state index contributed by atoms with van der Waals surface area (Å²) in [5.41, 5.74) is 2.09. The predicted molar refractivity (Wildman–Crippen MR) is 127 cm³/mol. The molecule has 0 aliphatic rings. The van der Waals surface area contributed by atoms with Gasteiger partial charge in [-0.3, -0.25) is 13.8 Å². The number of fused-ring (bicyclic) bond motifs is 1. The molecular weight excluding hydrogens is 456 g/mol. The summed E-state index contributed by atoms with van der Waals surface area (Å²) >= 11 is 3.01. The van der Waals surface area contributed by atoms with E-state index >= 15 is 0 Å². The van der Waals surface area contributed by atoms with Gasteiger partial charge in [-0.1, -0.05) is 30.0 Å². The van der Waals surface area contributed by atoms with Gasteiger partial charge in [0.15, 0.2) is 11.0 Å². The molecule has 0 amide bonds. The van der Waals surface area contributed by atoms with E-state index in [2.05, 4.69) is 15.2 Å². The van der Waals surface area contributed by atoms with E-state index in [4.69, 9.17) is 10.00 Å². The summed E-state index contributed by atoms with van der Waals surface area (Å²) in [6.45, 7) is 0. The fourth-order valence-electron chi connectivity index (χ4n) is 3.39. The monoisotopic (exact) mass is 472 g/mol. The SMILES string of the molecule is COc1ccccc1-n1c(SCc2cc(=O)n3cc(C#N)ccc3n2)nnc1-c1cccs1. The van der Waals surface area contributed by atoms with Gasteiger partial charge in [0.05, 0.1) is 28.9 Å². The van der Waals surface area contributed by atoms with Crippen molar-refractivity contribution in [3.8, 4) is 28.2 Å². The number of thioether (sulfide) groups is 1. The van der Waals surface area contributed by atoms with Crippen molar-refractivity contribution in [2.24, 2.45) is 0 Å². The van der Waals surface area contributed by atoms with Crippen LogP contribution in [0, 0.1) is 11.3 Å². The van der Waals surface area contributed by atoms with Crippen molar-refractivity contribution >= 4 is 28.7 Å². The van der Waals surface area contributed by atoms with Gasteiger partial charge in [-0.05, 0) is 35.7 Å². The number of nitriles is 1. The molecule has 5 aromatic rings. The number of pyridine rings is 1. The van der Waals surface area contributed by atoms with Crippen molar-refractivity contribution in [2.75, 3.05) is 7.11 Å². The normalized spacial score (nSPS) is 10.9. The summed E-state index contributed by atoms with van der Waals surface area (Å²) in [4.78, 5) is 18.1. The van der Waals surface area contributed by atoms with Crippen LogP contribution in [0.5, 0.6) is 5.75 Å². The predicted octanol–water partition coefficient (Wildman–Crippen LogP) is 4.18. The quantitative estimate of drug-likeness (QED) is 0.342. The topological polar surface area (TPSA) is 98.1 Å². The average molecular weight is 473 g/mol. The molecular formula is C23H16N6O2S2. The van der Waals surface area contributed by atoms with Crippen LogP contribution in [-0.4, -0.2) is 31.3 Å². The average Bonchev–Trinajstić information content (AvgIpc) is 3.52. The number of hydrogen-bond acceptors (Lipinski definition) is 8. The Morgan fingerprint density at radius 3 is 2.82 bits per heavy atom. The second kappa shape index (κ2) is 8.90. The molecule has 0 unspecified atom stereocenters. The van der Waals surface area contributed by atoms with E-state index in [1.807, 2.05) is 52.4 Å². The molecule has 0 fully saturated rings. The lowest BCUT2D eigenvalue weighted by Gasteiger charge is -2.13. The summed E-state index contributed by atoms with van der Waals surface area (Å²) in [6, 6.07) is 18.5. The van der Waals surface area contributed by atoms with Crippen molar-refractivity contribution in [2.45, 2.75) is 10.9 Å². The first-order valence-corrected chi connectivity index (χ1v) is 11.7. The lowest BCUT2D eigenvalue weighted by atomic mass is 10.3. The van der Waals surface area contributed by atoms with Crippen LogP contribution >= 0.6 is 23.1 Å². The van der Waals surface area contributed by atoms with Gasteiger partial charge in [0.2, 0.25) is 0 Å². The summed E-state index contributed by atoms with van der Waals surface area (Å²) in [5.74, 6) is 1.84. The first-order chi connectivity index (χ1) is 16.2. The number of para-hydroxylation sites is 2. The van der Waals surface area contributed by atoms with Gasteiger partial charge in [-0.2, -0.15) is 5.26 Å². The lowest BCUT2D eigenvalue weighted by Crippen LogP contribution is -2.15. The van der Waals surface area contributed by atoms with Gasteiger partial charge >= 0.3 is 0 Å². The molecule has 1 aromatic carbocycles. The van der Waals surface area contributed by atoms with Crippen molar-refractivity contribution in [1.29, 1.82) is 5.26 Å². The van der Waals surface area contributed by atoms with Crippen LogP contribution in [-0.2, 0) is 5.75 Å². The largest absolute Gasteiger partial charge is 0.495 e. The Bertz CT molecular complexity index is 1550. The van der Waals surface area contributed by atoms with Crippen LogP contribution in [0.4, 0.5) is 0 Å². The van der Waals surface area contributed by atoms with Crippen LogP contribution in [0.2, 0.25) is 0 Å². The number of ether oxygens (including phenoxy) is 1. The van der Waals surface area contributed by atoms with E-state index in [0.717, 1.165) is 10.6 Å². The molecule has 0 bridgehead atoms. The standard InChI is InChI=1S/C23H16N6O2S2/c1-31-18-6-3-2-5-17(18)29-22(19-7-4-10-32-19)26-27-23(29)33-14-16-11-21(30)28-13-15(12-24)8-9-20(28)25-16/h2-11,13H,14H2,1H3.